The molecule has 0 bridgehead atoms. The van der Waals surface area contributed by atoms with Crippen molar-refractivity contribution < 1.29 is 4.42 Å². The number of hydrogen-bond acceptors (Lipinski definition) is 2. The molecule has 198 valence electrons. The molecule has 0 atom stereocenters. The highest BCUT2D eigenvalue weighted by Crippen LogP contribution is 2.43. The summed E-state index contributed by atoms with van der Waals surface area (Å²) in [4.78, 5) is 0. The van der Waals surface area contributed by atoms with Gasteiger partial charge in [-0.3, -0.25) is 0 Å². The first-order valence-corrected chi connectivity index (χ1v) is 14.3. The first-order chi connectivity index (χ1) is 20.8. The standard InChI is InChI=1S/C40H27NO/c1-3-11-29(12-4-1)34-16-9-17-36-38-37(25-24-35(40(38)42-39(34)36)30-13-5-2-6-14-30)41-33-22-20-28(21-23-33)32-19-18-27-10-7-8-15-31(27)26-32/h1-26,41H. The van der Waals surface area contributed by atoms with Gasteiger partial charge in [0.15, 0.2) is 0 Å². The number of hydrogen-bond donors (Lipinski definition) is 1. The Morgan fingerprint density at radius 1 is 0.405 bits per heavy atom. The number of fused-ring (bicyclic) bond motifs is 4. The molecule has 0 saturated heterocycles. The van der Waals surface area contributed by atoms with Crippen LogP contribution in [-0.2, 0) is 0 Å². The molecular formula is C40H27NO. The molecule has 8 rings (SSSR count). The van der Waals surface area contributed by atoms with E-state index in [9.17, 15) is 0 Å². The maximum Gasteiger partial charge on any atom is 0.145 e. The van der Waals surface area contributed by atoms with E-state index in [0.717, 1.165) is 55.6 Å². The fourth-order valence-corrected chi connectivity index (χ4v) is 5.97. The van der Waals surface area contributed by atoms with Crippen molar-refractivity contribution in [1.29, 1.82) is 0 Å². The zero-order chi connectivity index (χ0) is 27.9. The van der Waals surface area contributed by atoms with E-state index in [1.54, 1.807) is 0 Å². The van der Waals surface area contributed by atoms with E-state index in [1.807, 2.05) is 12.1 Å². The van der Waals surface area contributed by atoms with Crippen molar-refractivity contribution in [1.82, 2.24) is 0 Å². The monoisotopic (exact) mass is 537 g/mol. The van der Waals surface area contributed by atoms with Crippen LogP contribution in [0.3, 0.4) is 0 Å². The quantitative estimate of drug-likeness (QED) is 0.236. The predicted molar refractivity (Wildman–Crippen MR) is 177 cm³/mol. The second kappa shape index (κ2) is 10.1. The van der Waals surface area contributed by atoms with E-state index in [0.29, 0.717) is 0 Å². The lowest BCUT2D eigenvalue weighted by molar-refractivity contribution is 0.671. The second-order valence-corrected chi connectivity index (χ2v) is 10.6. The van der Waals surface area contributed by atoms with Gasteiger partial charge >= 0.3 is 0 Å². The number of furan rings is 1. The molecule has 0 aliphatic rings. The maximum absolute atomic E-state index is 6.77. The van der Waals surface area contributed by atoms with Crippen molar-refractivity contribution in [3.05, 3.63) is 158 Å². The number of benzene rings is 7. The summed E-state index contributed by atoms with van der Waals surface area (Å²) in [5, 5.41) is 8.40. The fourth-order valence-electron chi connectivity index (χ4n) is 5.97. The Hall–Kier alpha value is -5.60. The summed E-state index contributed by atoms with van der Waals surface area (Å²) < 4.78 is 6.77. The third-order valence-electron chi connectivity index (χ3n) is 8.06. The van der Waals surface area contributed by atoms with Gasteiger partial charge in [0.25, 0.3) is 0 Å². The van der Waals surface area contributed by atoms with Gasteiger partial charge in [-0.15, -0.1) is 0 Å². The Morgan fingerprint density at radius 2 is 1.05 bits per heavy atom. The summed E-state index contributed by atoms with van der Waals surface area (Å²) >= 11 is 0. The van der Waals surface area contributed by atoms with Gasteiger partial charge in [-0.05, 0) is 63.4 Å². The Bertz CT molecular complexity index is 2190. The van der Waals surface area contributed by atoms with E-state index in [1.165, 1.54) is 21.9 Å². The van der Waals surface area contributed by atoms with Gasteiger partial charge in [0.2, 0.25) is 0 Å². The van der Waals surface area contributed by atoms with Gasteiger partial charge in [-0.1, -0.05) is 127 Å². The SMILES string of the molecule is c1ccc(-c2cccc3c2oc2c(-c4ccccc4)ccc(Nc4ccc(-c5ccc6ccccc6c5)cc4)c23)cc1. The van der Waals surface area contributed by atoms with Crippen molar-refractivity contribution in [2.24, 2.45) is 0 Å². The molecule has 2 heteroatoms. The molecule has 0 saturated carbocycles. The highest BCUT2D eigenvalue weighted by atomic mass is 16.3. The van der Waals surface area contributed by atoms with Gasteiger partial charge in [0.1, 0.15) is 11.2 Å². The number of para-hydroxylation sites is 1. The minimum atomic E-state index is 0.886. The molecule has 1 aromatic heterocycles. The Kier molecular flexibility index (Phi) is 5.82. The summed E-state index contributed by atoms with van der Waals surface area (Å²) in [5.41, 5.74) is 10.7. The first kappa shape index (κ1) is 24.2. The van der Waals surface area contributed by atoms with Crippen molar-refractivity contribution in [3.8, 4) is 33.4 Å². The van der Waals surface area contributed by atoms with E-state index in [-0.39, 0.29) is 0 Å². The summed E-state index contributed by atoms with van der Waals surface area (Å²) in [7, 11) is 0. The Morgan fingerprint density at radius 3 is 1.79 bits per heavy atom. The normalized spacial score (nSPS) is 11.3. The summed E-state index contributed by atoms with van der Waals surface area (Å²) in [6.07, 6.45) is 0. The van der Waals surface area contributed by atoms with E-state index < -0.39 is 0 Å². The van der Waals surface area contributed by atoms with E-state index in [2.05, 4.69) is 151 Å². The topological polar surface area (TPSA) is 25.2 Å². The number of rotatable bonds is 5. The summed E-state index contributed by atoms with van der Waals surface area (Å²) in [6.45, 7) is 0. The molecule has 0 aliphatic carbocycles. The van der Waals surface area contributed by atoms with Crippen LogP contribution >= 0.6 is 0 Å². The van der Waals surface area contributed by atoms with E-state index >= 15 is 0 Å². The maximum atomic E-state index is 6.77. The number of nitrogens with one attached hydrogen (secondary N) is 1. The lowest BCUT2D eigenvalue weighted by Gasteiger charge is -2.12. The molecule has 2 nitrogen and oxygen atoms in total. The highest BCUT2D eigenvalue weighted by molar-refractivity contribution is 6.18. The van der Waals surface area contributed by atoms with Crippen molar-refractivity contribution in [3.63, 3.8) is 0 Å². The molecule has 1 N–H and O–H groups in total. The van der Waals surface area contributed by atoms with Crippen LogP contribution in [0.4, 0.5) is 11.4 Å². The highest BCUT2D eigenvalue weighted by Gasteiger charge is 2.19. The Labute approximate surface area is 244 Å². The van der Waals surface area contributed by atoms with Crippen molar-refractivity contribution in [2.75, 3.05) is 5.32 Å². The molecule has 8 aromatic rings. The van der Waals surface area contributed by atoms with Gasteiger partial charge in [0, 0.05) is 22.2 Å². The average Bonchev–Trinajstić information content (AvgIpc) is 3.46. The van der Waals surface area contributed by atoms with Crippen LogP contribution in [0.1, 0.15) is 0 Å². The minimum absolute atomic E-state index is 0.886. The fraction of sp³-hybridized carbons (Fsp3) is 0. The largest absolute Gasteiger partial charge is 0.455 e. The molecule has 7 aromatic carbocycles. The predicted octanol–water partition coefficient (Wildman–Crippen LogP) is 11.5. The molecule has 0 fully saturated rings. The smallest absolute Gasteiger partial charge is 0.145 e. The third kappa shape index (κ3) is 4.22. The Balaban J connectivity index is 1.24. The lowest BCUT2D eigenvalue weighted by atomic mass is 9.99. The van der Waals surface area contributed by atoms with Crippen LogP contribution in [0, 0.1) is 0 Å². The molecule has 0 radical (unpaired) electrons. The van der Waals surface area contributed by atoms with Gasteiger partial charge in [-0.25, -0.2) is 0 Å². The lowest BCUT2D eigenvalue weighted by Crippen LogP contribution is -1.92. The minimum Gasteiger partial charge on any atom is -0.455 e. The first-order valence-electron chi connectivity index (χ1n) is 14.3. The molecule has 0 spiro atoms. The molecule has 0 unspecified atom stereocenters. The molecule has 1 heterocycles. The van der Waals surface area contributed by atoms with Gasteiger partial charge in [-0.2, -0.15) is 0 Å². The molecule has 0 aliphatic heterocycles. The van der Waals surface area contributed by atoms with Crippen LogP contribution in [0.5, 0.6) is 0 Å². The van der Waals surface area contributed by atoms with Gasteiger partial charge < -0.3 is 9.73 Å². The third-order valence-corrected chi connectivity index (χ3v) is 8.06. The average molecular weight is 538 g/mol. The van der Waals surface area contributed by atoms with Crippen molar-refractivity contribution in [2.45, 2.75) is 0 Å². The summed E-state index contributed by atoms with van der Waals surface area (Å²) in [6, 6.07) is 55.5. The second-order valence-electron chi connectivity index (χ2n) is 10.6. The van der Waals surface area contributed by atoms with E-state index in [4.69, 9.17) is 4.42 Å². The van der Waals surface area contributed by atoms with Crippen molar-refractivity contribution >= 4 is 44.1 Å². The number of anilines is 2. The van der Waals surface area contributed by atoms with Crippen LogP contribution in [0.25, 0.3) is 66.1 Å². The van der Waals surface area contributed by atoms with Crippen LogP contribution in [0.2, 0.25) is 0 Å². The molecule has 0 amide bonds. The zero-order valence-corrected chi connectivity index (χ0v) is 22.9. The van der Waals surface area contributed by atoms with Crippen LogP contribution in [0.15, 0.2) is 162 Å². The molecular weight excluding hydrogens is 510 g/mol. The van der Waals surface area contributed by atoms with Crippen LogP contribution < -0.4 is 5.32 Å². The van der Waals surface area contributed by atoms with Crippen LogP contribution in [-0.4, -0.2) is 0 Å². The van der Waals surface area contributed by atoms with Gasteiger partial charge in [0.05, 0.1) is 11.1 Å². The summed E-state index contributed by atoms with van der Waals surface area (Å²) in [5.74, 6) is 0. The zero-order valence-electron chi connectivity index (χ0n) is 22.9. The molecule has 42 heavy (non-hydrogen) atoms.